The maximum absolute atomic E-state index is 14.3. The summed E-state index contributed by atoms with van der Waals surface area (Å²) in [4.78, 5) is 16.3. The minimum absolute atomic E-state index is 0.0387. The molecule has 1 saturated heterocycles. The van der Waals surface area contributed by atoms with Gasteiger partial charge in [-0.3, -0.25) is 4.79 Å². The van der Waals surface area contributed by atoms with Gasteiger partial charge in [0.15, 0.2) is 9.84 Å². The molecule has 1 aromatic heterocycles. The molecule has 1 unspecified atom stereocenters. The minimum atomic E-state index is -3.53. The predicted molar refractivity (Wildman–Crippen MR) is 109 cm³/mol. The van der Waals surface area contributed by atoms with Gasteiger partial charge in [0.1, 0.15) is 5.82 Å². The number of hydrogen-bond acceptors (Lipinski definition) is 4. The molecule has 1 atom stereocenters. The van der Waals surface area contributed by atoms with Crippen molar-refractivity contribution in [3.05, 3.63) is 58.0 Å². The fourth-order valence-electron chi connectivity index (χ4n) is 4.63. The molecule has 7 heteroatoms. The number of rotatable bonds is 3. The lowest BCUT2D eigenvalue weighted by atomic mass is 9.82. The van der Waals surface area contributed by atoms with Crippen LogP contribution in [0, 0.1) is 5.82 Å². The minimum Gasteiger partial charge on any atom is -0.341 e. The number of thiophene rings is 1. The van der Waals surface area contributed by atoms with Crippen molar-refractivity contribution in [2.24, 2.45) is 0 Å². The van der Waals surface area contributed by atoms with Crippen molar-refractivity contribution in [3.63, 3.8) is 0 Å². The fraction of sp³-hybridized carbons (Fsp3) is 0.476. The Kier molecular flexibility index (Phi) is 5.31. The van der Waals surface area contributed by atoms with E-state index >= 15 is 0 Å². The maximum atomic E-state index is 14.3. The van der Waals surface area contributed by atoms with Crippen LogP contribution in [0.1, 0.15) is 47.8 Å². The highest BCUT2D eigenvalue weighted by Gasteiger charge is 2.46. The summed E-state index contributed by atoms with van der Waals surface area (Å²) in [6.45, 7) is 0.517. The van der Waals surface area contributed by atoms with Gasteiger partial charge in [-0.1, -0.05) is 37.1 Å². The second-order valence-electron chi connectivity index (χ2n) is 7.72. The van der Waals surface area contributed by atoms with Crippen LogP contribution in [0.15, 0.2) is 41.8 Å². The molecule has 2 aromatic rings. The van der Waals surface area contributed by atoms with Crippen LogP contribution >= 0.6 is 11.3 Å². The van der Waals surface area contributed by atoms with Crippen molar-refractivity contribution in [1.29, 1.82) is 0 Å². The lowest BCUT2D eigenvalue weighted by molar-refractivity contribution is -0.137. The van der Waals surface area contributed by atoms with Gasteiger partial charge in [-0.25, -0.2) is 12.8 Å². The van der Waals surface area contributed by atoms with E-state index in [-0.39, 0.29) is 30.2 Å². The van der Waals surface area contributed by atoms with Crippen LogP contribution in [-0.4, -0.2) is 38.1 Å². The fourth-order valence-corrected chi connectivity index (χ4v) is 7.41. The highest BCUT2D eigenvalue weighted by atomic mass is 32.2. The van der Waals surface area contributed by atoms with Gasteiger partial charge in [-0.15, -0.1) is 11.3 Å². The lowest BCUT2D eigenvalue weighted by Crippen LogP contribution is -2.46. The molecule has 1 amide bonds. The number of carbonyl (C=O) groups is 1. The molecule has 2 fully saturated rings. The normalized spacial score (nSPS) is 24.0. The monoisotopic (exact) mass is 421 g/mol. The van der Waals surface area contributed by atoms with E-state index in [9.17, 15) is 17.6 Å². The Morgan fingerprint density at radius 3 is 2.54 bits per heavy atom. The zero-order valence-corrected chi connectivity index (χ0v) is 17.3. The molecular formula is C21H24FNO3S2. The molecule has 28 heavy (non-hydrogen) atoms. The van der Waals surface area contributed by atoms with Crippen LogP contribution in [0.5, 0.6) is 0 Å². The van der Waals surface area contributed by atoms with E-state index in [0.717, 1.165) is 30.6 Å². The van der Waals surface area contributed by atoms with Gasteiger partial charge in [0.2, 0.25) is 5.91 Å². The molecule has 1 aromatic carbocycles. The molecule has 0 spiro atoms. The van der Waals surface area contributed by atoms with Gasteiger partial charge in [-0.2, -0.15) is 0 Å². The van der Waals surface area contributed by atoms with Gasteiger partial charge in [0.05, 0.1) is 16.4 Å². The molecule has 1 aliphatic carbocycles. The molecule has 1 saturated carbocycles. The molecule has 0 N–H and O–H groups in total. The first kappa shape index (κ1) is 19.6. The first-order valence-corrected chi connectivity index (χ1v) is 12.3. The summed E-state index contributed by atoms with van der Waals surface area (Å²) >= 11 is 1.60. The maximum Gasteiger partial charge on any atom is 0.234 e. The second-order valence-corrected chi connectivity index (χ2v) is 11.0. The average Bonchev–Trinajstić information content (AvgIpc) is 3.34. The van der Waals surface area contributed by atoms with Crippen LogP contribution in [0.2, 0.25) is 0 Å². The number of nitrogens with zero attached hydrogens (tertiary/aromatic N) is 1. The zero-order valence-electron chi connectivity index (χ0n) is 15.6. The van der Waals surface area contributed by atoms with Crippen molar-refractivity contribution in [2.45, 2.75) is 42.8 Å². The van der Waals surface area contributed by atoms with E-state index in [1.807, 2.05) is 17.5 Å². The molecule has 2 aliphatic rings. The van der Waals surface area contributed by atoms with E-state index in [0.29, 0.717) is 6.54 Å². The molecule has 4 nitrogen and oxygen atoms in total. The number of sulfone groups is 1. The molecule has 150 valence electrons. The van der Waals surface area contributed by atoms with Crippen LogP contribution in [-0.2, 0) is 20.0 Å². The third-order valence-corrected chi connectivity index (χ3v) is 9.32. The van der Waals surface area contributed by atoms with Crippen LogP contribution in [0.4, 0.5) is 4.39 Å². The average molecular weight is 422 g/mol. The summed E-state index contributed by atoms with van der Waals surface area (Å²) in [6, 6.07) is 10.0. The van der Waals surface area contributed by atoms with E-state index < -0.39 is 26.3 Å². The number of amides is 1. The second kappa shape index (κ2) is 7.59. The third kappa shape index (κ3) is 3.39. The van der Waals surface area contributed by atoms with Crippen molar-refractivity contribution in [1.82, 2.24) is 4.90 Å². The van der Waals surface area contributed by atoms with E-state index in [1.165, 1.54) is 6.07 Å². The number of carbonyl (C=O) groups excluding carboxylic acids is 1. The van der Waals surface area contributed by atoms with Crippen molar-refractivity contribution in [2.75, 3.05) is 18.8 Å². The summed E-state index contributed by atoms with van der Waals surface area (Å²) in [6.07, 6.45) is 3.87. The van der Waals surface area contributed by atoms with Crippen LogP contribution < -0.4 is 0 Å². The summed E-state index contributed by atoms with van der Waals surface area (Å²) in [5.74, 6) is -0.586. The Bertz CT molecular complexity index is 950. The summed E-state index contributed by atoms with van der Waals surface area (Å²) < 4.78 is 40.0. The standard InChI is InChI=1S/C21H24FNO3S2/c22-17-7-2-1-6-16(17)18-9-12-23(13-15-28(18,25)26)20(24)21(10-3-4-11-21)19-8-5-14-27-19/h1-2,5-8,14,18H,3-4,9-13,15H2. The smallest absolute Gasteiger partial charge is 0.234 e. The topological polar surface area (TPSA) is 54.5 Å². The summed E-state index contributed by atoms with van der Waals surface area (Å²) in [7, 11) is -3.53. The van der Waals surface area contributed by atoms with Gasteiger partial charge < -0.3 is 4.90 Å². The van der Waals surface area contributed by atoms with Gasteiger partial charge in [-0.05, 0) is 36.8 Å². The quantitative estimate of drug-likeness (QED) is 0.750. The zero-order chi connectivity index (χ0) is 19.8. The Morgan fingerprint density at radius 1 is 1.11 bits per heavy atom. The lowest BCUT2D eigenvalue weighted by Gasteiger charge is -2.33. The number of benzene rings is 1. The predicted octanol–water partition coefficient (Wildman–Crippen LogP) is 4.09. The highest BCUT2D eigenvalue weighted by Crippen LogP contribution is 2.45. The van der Waals surface area contributed by atoms with Crippen molar-refractivity contribution >= 4 is 27.1 Å². The molecule has 2 heterocycles. The first-order chi connectivity index (χ1) is 13.4. The Labute approximate surface area is 169 Å². The first-order valence-electron chi connectivity index (χ1n) is 9.73. The Hall–Kier alpha value is -1.73. The van der Waals surface area contributed by atoms with Gasteiger partial charge in [0.25, 0.3) is 0 Å². The molecule has 0 bridgehead atoms. The van der Waals surface area contributed by atoms with Crippen molar-refractivity contribution < 1.29 is 17.6 Å². The Balaban J connectivity index is 1.61. The molecule has 0 radical (unpaired) electrons. The third-order valence-electron chi connectivity index (χ3n) is 6.14. The van der Waals surface area contributed by atoms with Gasteiger partial charge in [0, 0.05) is 23.5 Å². The van der Waals surface area contributed by atoms with E-state index in [4.69, 9.17) is 0 Å². The van der Waals surface area contributed by atoms with E-state index in [1.54, 1.807) is 34.4 Å². The Morgan fingerprint density at radius 2 is 1.86 bits per heavy atom. The molecule has 4 rings (SSSR count). The number of hydrogen-bond donors (Lipinski definition) is 0. The SMILES string of the molecule is O=C(N1CCC(c2ccccc2F)S(=O)(=O)CC1)C1(c2cccs2)CCCC1. The largest absolute Gasteiger partial charge is 0.341 e. The van der Waals surface area contributed by atoms with Gasteiger partial charge >= 0.3 is 0 Å². The van der Waals surface area contributed by atoms with Crippen LogP contribution in [0.25, 0.3) is 0 Å². The van der Waals surface area contributed by atoms with E-state index in [2.05, 4.69) is 0 Å². The van der Waals surface area contributed by atoms with Crippen molar-refractivity contribution in [3.8, 4) is 0 Å². The van der Waals surface area contributed by atoms with Crippen LogP contribution in [0.3, 0.4) is 0 Å². The summed E-state index contributed by atoms with van der Waals surface area (Å²) in [5.41, 5.74) is -0.305. The molecular weight excluding hydrogens is 397 g/mol. The highest BCUT2D eigenvalue weighted by molar-refractivity contribution is 7.91. The molecule has 1 aliphatic heterocycles. The number of halogens is 1. The summed E-state index contributed by atoms with van der Waals surface area (Å²) in [5, 5.41) is 1.09.